The standard InChI is InChI=1S/C20H25N3O13S2/c24-18(8-4-1-5-15-9-10-37-38-15)36-17-7-3-2-6-16(17)19(25)32-11-20(12-33-21(26)27,13-34-22(28)29)14-35-23(30)31/h2-3,6-7,15H,1,4-5,8-14H2. The summed E-state index contributed by atoms with van der Waals surface area (Å²) in [5, 5.41) is 28.9. The van der Waals surface area contributed by atoms with Gasteiger partial charge in [0.25, 0.3) is 15.3 Å². The molecule has 1 atom stereocenters. The highest BCUT2D eigenvalue weighted by Crippen LogP contribution is 2.39. The number of rotatable bonds is 18. The molecule has 16 nitrogen and oxygen atoms in total. The number of para-hydroxylation sites is 1. The summed E-state index contributed by atoms with van der Waals surface area (Å²) >= 11 is 0. The minimum Gasteiger partial charge on any atom is -0.461 e. The van der Waals surface area contributed by atoms with Crippen molar-refractivity contribution in [1.82, 2.24) is 0 Å². The predicted octanol–water partition coefficient (Wildman–Crippen LogP) is 3.07. The Labute approximate surface area is 223 Å². The van der Waals surface area contributed by atoms with Crippen LogP contribution >= 0.6 is 21.6 Å². The molecule has 18 heteroatoms. The molecule has 0 saturated carbocycles. The van der Waals surface area contributed by atoms with E-state index in [1.54, 1.807) is 0 Å². The lowest BCUT2D eigenvalue weighted by Gasteiger charge is -2.29. The van der Waals surface area contributed by atoms with E-state index in [0.717, 1.165) is 25.0 Å². The number of carbonyl (C=O) groups excluding carboxylic acids is 2. The summed E-state index contributed by atoms with van der Waals surface area (Å²) < 4.78 is 10.4. The molecule has 0 spiro atoms. The Morgan fingerprint density at radius 2 is 1.53 bits per heavy atom. The minimum atomic E-state index is -2.01. The molecule has 1 aliphatic heterocycles. The first-order valence-corrected chi connectivity index (χ1v) is 13.6. The van der Waals surface area contributed by atoms with Crippen LogP contribution in [0.5, 0.6) is 5.75 Å². The Hall–Kier alpha value is -3.54. The first kappa shape index (κ1) is 30.7. The SMILES string of the molecule is O=C(CCCCC1CCSS1)Oc1ccccc1C(=O)OCC(CO[N+](=O)[O-])(CO[N+](=O)[O-])CO[N+](=O)[O-]. The smallest absolute Gasteiger partial charge is 0.341 e. The normalized spacial score (nSPS) is 14.8. The number of ether oxygens (including phenoxy) is 2. The van der Waals surface area contributed by atoms with Gasteiger partial charge in [0.05, 0.1) is 5.41 Å². The maximum absolute atomic E-state index is 12.8. The van der Waals surface area contributed by atoms with Crippen molar-refractivity contribution in [1.29, 1.82) is 0 Å². The van der Waals surface area contributed by atoms with Crippen molar-refractivity contribution in [2.75, 3.05) is 32.2 Å². The molecule has 210 valence electrons. The number of nitrogens with zero attached hydrogens (tertiary/aromatic N) is 3. The third kappa shape index (κ3) is 11.2. The average Bonchev–Trinajstić information content (AvgIpc) is 3.39. The number of carbonyl (C=O) groups is 2. The third-order valence-corrected chi connectivity index (χ3v) is 8.16. The van der Waals surface area contributed by atoms with Crippen molar-refractivity contribution < 1.29 is 48.8 Å². The van der Waals surface area contributed by atoms with Gasteiger partial charge in [-0.15, -0.1) is 30.3 Å². The molecule has 1 heterocycles. The van der Waals surface area contributed by atoms with Crippen LogP contribution in [-0.4, -0.2) is 64.6 Å². The first-order valence-electron chi connectivity index (χ1n) is 11.2. The zero-order valence-corrected chi connectivity index (χ0v) is 21.6. The zero-order valence-electron chi connectivity index (χ0n) is 19.9. The summed E-state index contributed by atoms with van der Waals surface area (Å²) in [5.41, 5.74) is -2.19. The van der Waals surface area contributed by atoms with Gasteiger partial charge < -0.3 is 24.0 Å². The van der Waals surface area contributed by atoms with Gasteiger partial charge in [0, 0.05) is 17.4 Å². The largest absolute Gasteiger partial charge is 0.461 e. The average molecular weight is 580 g/mol. The maximum Gasteiger partial charge on any atom is 0.341 e. The van der Waals surface area contributed by atoms with Crippen LogP contribution in [0.4, 0.5) is 0 Å². The molecule has 1 aromatic carbocycles. The van der Waals surface area contributed by atoms with Crippen LogP contribution in [0.1, 0.15) is 42.5 Å². The van der Waals surface area contributed by atoms with E-state index in [2.05, 4.69) is 14.5 Å². The van der Waals surface area contributed by atoms with Crippen molar-refractivity contribution >= 4 is 33.5 Å². The Morgan fingerprint density at radius 1 is 0.921 bits per heavy atom. The Kier molecular flexibility index (Phi) is 12.6. The summed E-state index contributed by atoms with van der Waals surface area (Å²) in [4.78, 5) is 69.8. The molecule has 2 rings (SSSR count). The molecular weight excluding hydrogens is 554 g/mol. The molecule has 0 aliphatic carbocycles. The van der Waals surface area contributed by atoms with Crippen molar-refractivity contribution in [3.8, 4) is 5.75 Å². The van der Waals surface area contributed by atoms with Crippen LogP contribution in [0.15, 0.2) is 24.3 Å². The van der Waals surface area contributed by atoms with Gasteiger partial charge in [-0.1, -0.05) is 40.1 Å². The lowest BCUT2D eigenvalue weighted by atomic mass is 9.92. The fourth-order valence-corrected chi connectivity index (χ4v) is 6.25. The molecule has 1 aromatic rings. The number of unbranched alkanes of at least 4 members (excludes halogenated alkanes) is 1. The summed E-state index contributed by atoms with van der Waals surface area (Å²) in [5.74, 6) is -0.622. The second-order valence-electron chi connectivity index (χ2n) is 8.11. The van der Waals surface area contributed by atoms with Crippen molar-refractivity contribution in [3.05, 3.63) is 60.2 Å². The molecule has 0 aromatic heterocycles. The number of hydrogen-bond acceptors (Lipinski definition) is 15. The van der Waals surface area contributed by atoms with Crippen LogP contribution in [-0.2, 0) is 24.0 Å². The second kappa shape index (κ2) is 15.7. The van der Waals surface area contributed by atoms with Gasteiger partial charge in [-0.3, -0.25) is 4.79 Å². The zero-order chi connectivity index (χ0) is 28.0. The fourth-order valence-electron chi connectivity index (χ4n) is 3.22. The van der Waals surface area contributed by atoms with Gasteiger partial charge in [0.2, 0.25) is 0 Å². The van der Waals surface area contributed by atoms with E-state index >= 15 is 0 Å². The molecular formula is C20H25N3O13S2. The van der Waals surface area contributed by atoms with Gasteiger partial charge in [-0.2, -0.15) is 0 Å². The fraction of sp³-hybridized carbons (Fsp3) is 0.600. The number of esters is 2. The lowest BCUT2D eigenvalue weighted by molar-refractivity contribution is -0.782. The van der Waals surface area contributed by atoms with E-state index in [9.17, 15) is 39.9 Å². The van der Waals surface area contributed by atoms with E-state index in [0.29, 0.717) is 11.7 Å². The predicted molar refractivity (Wildman–Crippen MR) is 131 cm³/mol. The van der Waals surface area contributed by atoms with Crippen LogP contribution in [0, 0.1) is 35.8 Å². The van der Waals surface area contributed by atoms with Gasteiger partial charge in [0.15, 0.2) is 0 Å². The highest BCUT2D eigenvalue weighted by molar-refractivity contribution is 8.77. The second-order valence-corrected chi connectivity index (χ2v) is 10.9. The van der Waals surface area contributed by atoms with Gasteiger partial charge >= 0.3 is 11.9 Å². The molecule has 0 amide bonds. The summed E-state index contributed by atoms with van der Waals surface area (Å²) in [7, 11) is 3.69. The Bertz CT molecular complexity index is 945. The van der Waals surface area contributed by atoms with E-state index in [1.165, 1.54) is 24.3 Å². The van der Waals surface area contributed by atoms with Crippen LogP contribution < -0.4 is 4.74 Å². The topological polar surface area (TPSA) is 210 Å². The Morgan fingerprint density at radius 3 is 2.08 bits per heavy atom. The molecule has 1 aliphatic rings. The van der Waals surface area contributed by atoms with E-state index in [4.69, 9.17) is 9.47 Å². The van der Waals surface area contributed by atoms with Crippen LogP contribution in [0.2, 0.25) is 0 Å². The van der Waals surface area contributed by atoms with Crippen molar-refractivity contribution in [2.45, 2.75) is 37.4 Å². The maximum atomic E-state index is 12.8. The molecule has 0 bridgehead atoms. The van der Waals surface area contributed by atoms with Crippen LogP contribution in [0.3, 0.4) is 0 Å². The quantitative estimate of drug-likeness (QED) is 0.0610. The van der Waals surface area contributed by atoms with E-state index in [1.807, 2.05) is 21.6 Å². The highest BCUT2D eigenvalue weighted by Gasteiger charge is 2.37. The minimum absolute atomic E-state index is 0.111. The van der Waals surface area contributed by atoms with E-state index in [-0.39, 0.29) is 17.7 Å². The van der Waals surface area contributed by atoms with Crippen molar-refractivity contribution in [2.24, 2.45) is 5.41 Å². The monoisotopic (exact) mass is 579 g/mol. The molecule has 1 unspecified atom stereocenters. The molecule has 1 saturated heterocycles. The molecule has 38 heavy (non-hydrogen) atoms. The molecule has 0 N–H and O–H groups in total. The van der Waals surface area contributed by atoms with Crippen molar-refractivity contribution in [3.63, 3.8) is 0 Å². The number of benzene rings is 1. The van der Waals surface area contributed by atoms with Crippen LogP contribution in [0.25, 0.3) is 0 Å². The van der Waals surface area contributed by atoms with Gasteiger partial charge in [0.1, 0.15) is 37.7 Å². The molecule has 1 fully saturated rings. The number of hydrogen-bond donors (Lipinski definition) is 0. The Balaban J connectivity index is 2.03. The summed E-state index contributed by atoms with van der Waals surface area (Å²) in [6.45, 7) is -3.86. The van der Waals surface area contributed by atoms with E-state index < -0.39 is 59.0 Å². The summed E-state index contributed by atoms with van der Waals surface area (Å²) in [6, 6.07) is 5.62. The van der Waals surface area contributed by atoms with Gasteiger partial charge in [-0.05, 0) is 31.4 Å². The first-order chi connectivity index (χ1) is 18.1. The third-order valence-electron chi connectivity index (χ3n) is 5.15. The molecule has 0 radical (unpaired) electrons. The summed E-state index contributed by atoms with van der Waals surface area (Å²) in [6.07, 6.45) is 3.73. The lowest BCUT2D eigenvalue weighted by Crippen LogP contribution is -2.44. The highest BCUT2D eigenvalue weighted by atomic mass is 33.1. The van der Waals surface area contributed by atoms with Gasteiger partial charge in [-0.25, -0.2) is 4.79 Å².